The number of aromatic nitrogens is 1. The van der Waals surface area contributed by atoms with Gasteiger partial charge in [-0.2, -0.15) is 0 Å². The van der Waals surface area contributed by atoms with Crippen LogP contribution in [0, 0.1) is 5.92 Å². The normalized spacial score (nSPS) is 19.3. The van der Waals surface area contributed by atoms with Crippen molar-refractivity contribution in [3.8, 4) is 0 Å². The number of benzene rings is 2. The van der Waals surface area contributed by atoms with E-state index >= 15 is 0 Å². The van der Waals surface area contributed by atoms with E-state index in [1.807, 2.05) is 67.3 Å². The molecule has 1 fully saturated rings. The standard InChI is InChI=1S/C26H28N4O3/c1-16(2)27-26(33)28-22-9-10-23-21-11-17(14-30(23)25(22)32)13-29(15-21)24(31)20-8-7-18-5-3-4-6-19(18)12-20/h3-10,12,16-17,21H,11,13-15H2,1-2H3,(H2,27,28,33)/t17-,21+/m0/s1. The Kier molecular flexibility index (Phi) is 5.40. The number of anilines is 1. The van der Waals surface area contributed by atoms with E-state index in [2.05, 4.69) is 10.6 Å². The highest BCUT2D eigenvalue weighted by molar-refractivity contribution is 5.98. The number of carbonyl (C=O) groups excluding carboxylic acids is 2. The Bertz CT molecular complexity index is 1300. The van der Waals surface area contributed by atoms with Crippen LogP contribution in [0.1, 0.15) is 42.2 Å². The van der Waals surface area contributed by atoms with Crippen LogP contribution in [-0.4, -0.2) is 40.5 Å². The summed E-state index contributed by atoms with van der Waals surface area (Å²) in [4.78, 5) is 40.4. The second kappa shape index (κ2) is 8.39. The molecule has 2 aromatic carbocycles. The minimum Gasteiger partial charge on any atom is -0.338 e. The van der Waals surface area contributed by atoms with E-state index in [1.165, 1.54) is 0 Å². The fourth-order valence-corrected chi connectivity index (χ4v) is 5.13. The Morgan fingerprint density at radius 1 is 0.970 bits per heavy atom. The zero-order valence-electron chi connectivity index (χ0n) is 18.9. The minimum atomic E-state index is -0.384. The average Bonchev–Trinajstić information content (AvgIpc) is 2.80. The highest BCUT2D eigenvalue weighted by atomic mass is 16.2. The molecule has 3 aromatic rings. The molecule has 1 aromatic heterocycles. The Morgan fingerprint density at radius 3 is 2.55 bits per heavy atom. The first-order valence-corrected chi connectivity index (χ1v) is 11.5. The van der Waals surface area contributed by atoms with Crippen molar-refractivity contribution < 1.29 is 9.59 Å². The molecule has 0 aliphatic carbocycles. The van der Waals surface area contributed by atoms with Crippen molar-refractivity contribution in [2.75, 3.05) is 18.4 Å². The number of pyridine rings is 1. The van der Waals surface area contributed by atoms with Crippen LogP contribution in [0.15, 0.2) is 59.4 Å². The summed E-state index contributed by atoms with van der Waals surface area (Å²) in [5.74, 6) is 0.348. The van der Waals surface area contributed by atoms with E-state index in [4.69, 9.17) is 0 Å². The van der Waals surface area contributed by atoms with Crippen molar-refractivity contribution in [2.24, 2.45) is 5.92 Å². The van der Waals surface area contributed by atoms with Crippen molar-refractivity contribution in [1.82, 2.24) is 14.8 Å². The summed E-state index contributed by atoms with van der Waals surface area (Å²) in [7, 11) is 0. The number of likely N-dealkylation sites (tertiary alicyclic amines) is 1. The van der Waals surface area contributed by atoms with Gasteiger partial charge >= 0.3 is 6.03 Å². The van der Waals surface area contributed by atoms with Crippen LogP contribution in [-0.2, 0) is 6.54 Å². The first kappa shape index (κ1) is 21.2. The topological polar surface area (TPSA) is 83.4 Å². The molecule has 0 spiro atoms. The van der Waals surface area contributed by atoms with E-state index in [0.717, 1.165) is 22.9 Å². The largest absolute Gasteiger partial charge is 0.338 e. The van der Waals surface area contributed by atoms with Crippen LogP contribution in [0.25, 0.3) is 10.8 Å². The molecule has 2 aliphatic rings. The average molecular weight is 445 g/mol. The van der Waals surface area contributed by atoms with Gasteiger partial charge in [-0.05, 0) is 61.2 Å². The highest BCUT2D eigenvalue weighted by Crippen LogP contribution is 2.36. The fraction of sp³-hybridized carbons (Fsp3) is 0.346. The molecule has 5 rings (SSSR count). The lowest BCUT2D eigenvalue weighted by Crippen LogP contribution is -2.49. The van der Waals surface area contributed by atoms with Crippen molar-refractivity contribution >= 4 is 28.4 Å². The molecule has 2 atom stereocenters. The maximum absolute atomic E-state index is 13.3. The van der Waals surface area contributed by atoms with Crippen LogP contribution >= 0.6 is 0 Å². The fourth-order valence-electron chi connectivity index (χ4n) is 5.13. The number of carbonyl (C=O) groups is 2. The molecule has 2 N–H and O–H groups in total. The van der Waals surface area contributed by atoms with Crippen molar-refractivity contribution in [3.05, 3.63) is 76.2 Å². The third-order valence-corrected chi connectivity index (χ3v) is 6.56. The van der Waals surface area contributed by atoms with E-state index in [0.29, 0.717) is 25.2 Å². The lowest BCUT2D eigenvalue weighted by Gasteiger charge is -2.43. The molecule has 2 bridgehead atoms. The molecule has 3 amide bonds. The number of hydrogen-bond donors (Lipinski definition) is 2. The zero-order valence-corrected chi connectivity index (χ0v) is 18.9. The van der Waals surface area contributed by atoms with Crippen molar-refractivity contribution in [1.29, 1.82) is 0 Å². The van der Waals surface area contributed by atoms with Gasteiger partial charge in [-0.1, -0.05) is 30.3 Å². The predicted molar refractivity (Wildman–Crippen MR) is 129 cm³/mol. The number of nitrogens with zero attached hydrogens (tertiary/aromatic N) is 2. The molecule has 7 nitrogen and oxygen atoms in total. The first-order chi connectivity index (χ1) is 15.9. The number of amides is 3. The van der Waals surface area contributed by atoms with Gasteiger partial charge in [0.05, 0.1) is 0 Å². The summed E-state index contributed by atoms with van der Waals surface area (Å²) < 4.78 is 1.78. The number of piperidine rings is 1. The summed E-state index contributed by atoms with van der Waals surface area (Å²) in [6.07, 6.45) is 0.960. The second-order valence-electron chi connectivity index (χ2n) is 9.41. The SMILES string of the molecule is CC(C)NC(=O)Nc1ccc2n(c1=O)C[C@H]1C[C@@H]2CN(C(=O)c2ccc3ccccc3c2)C1. The molecular formula is C26H28N4O3. The Balaban J connectivity index is 1.37. The Morgan fingerprint density at radius 2 is 1.76 bits per heavy atom. The van der Waals surface area contributed by atoms with Crippen LogP contribution in [0.5, 0.6) is 0 Å². The van der Waals surface area contributed by atoms with Gasteiger partial charge in [0, 0.05) is 42.9 Å². The minimum absolute atomic E-state index is 0.0177. The van der Waals surface area contributed by atoms with Crippen molar-refractivity contribution in [2.45, 2.75) is 38.8 Å². The first-order valence-electron chi connectivity index (χ1n) is 11.5. The van der Waals surface area contributed by atoms with Crippen LogP contribution in [0.4, 0.5) is 10.5 Å². The third-order valence-electron chi connectivity index (χ3n) is 6.56. The summed E-state index contributed by atoms with van der Waals surface area (Å²) in [5, 5.41) is 7.58. The number of hydrogen-bond acceptors (Lipinski definition) is 3. The lowest BCUT2D eigenvalue weighted by atomic mass is 9.83. The summed E-state index contributed by atoms with van der Waals surface area (Å²) in [6, 6.07) is 17.1. The summed E-state index contributed by atoms with van der Waals surface area (Å²) >= 11 is 0. The maximum Gasteiger partial charge on any atom is 0.319 e. The Hall–Kier alpha value is -3.61. The van der Waals surface area contributed by atoms with E-state index in [-0.39, 0.29) is 41.1 Å². The number of nitrogens with one attached hydrogen (secondary N) is 2. The quantitative estimate of drug-likeness (QED) is 0.645. The second-order valence-corrected chi connectivity index (χ2v) is 9.41. The third kappa shape index (κ3) is 4.11. The number of urea groups is 1. The van der Waals surface area contributed by atoms with Crippen LogP contribution in [0.2, 0.25) is 0 Å². The van der Waals surface area contributed by atoms with E-state index in [9.17, 15) is 14.4 Å². The Labute approximate surface area is 192 Å². The van der Waals surface area contributed by atoms with Gasteiger partial charge < -0.3 is 20.1 Å². The van der Waals surface area contributed by atoms with Crippen LogP contribution < -0.4 is 16.2 Å². The molecule has 3 heterocycles. The molecular weight excluding hydrogens is 416 g/mol. The molecule has 0 radical (unpaired) electrons. The van der Waals surface area contributed by atoms with Gasteiger partial charge in [-0.3, -0.25) is 9.59 Å². The number of rotatable bonds is 3. The maximum atomic E-state index is 13.3. The van der Waals surface area contributed by atoms with Gasteiger partial charge in [0.2, 0.25) is 0 Å². The predicted octanol–water partition coefficient (Wildman–Crippen LogP) is 3.79. The molecule has 170 valence electrons. The molecule has 2 aliphatic heterocycles. The van der Waals surface area contributed by atoms with Crippen molar-refractivity contribution in [3.63, 3.8) is 0 Å². The molecule has 1 saturated heterocycles. The van der Waals surface area contributed by atoms with E-state index < -0.39 is 0 Å². The van der Waals surface area contributed by atoms with E-state index in [1.54, 1.807) is 10.6 Å². The highest BCUT2D eigenvalue weighted by Gasteiger charge is 2.37. The molecule has 0 saturated carbocycles. The molecule has 33 heavy (non-hydrogen) atoms. The monoisotopic (exact) mass is 444 g/mol. The molecule has 7 heteroatoms. The summed E-state index contributed by atoms with van der Waals surface area (Å²) in [6.45, 7) is 5.49. The van der Waals surface area contributed by atoms with Gasteiger partial charge in [0.1, 0.15) is 5.69 Å². The van der Waals surface area contributed by atoms with Gasteiger partial charge in [-0.15, -0.1) is 0 Å². The number of fused-ring (bicyclic) bond motifs is 5. The molecule has 0 unspecified atom stereocenters. The van der Waals surface area contributed by atoms with Crippen LogP contribution in [0.3, 0.4) is 0 Å². The van der Waals surface area contributed by atoms with Gasteiger partial charge in [0.15, 0.2) is 0 Å². The van der Waals surface area contributed by atoms with Gasteiger partial charge in [0.25, 0.3) is 11.5 Å². The zero-order chi connectivity index (χ0) is 23.1. The summed E-state index contributed by atoms with van der Waals surface area (Å²) in [5.41, 5.74) is 1.72. The lowest BCUT2D eigenvalue weighted by molar-refractivity contribution is 0.0595. The smallest absolute Gasteiger partial charge is 0.319 e. The van der Waals surface area contributed by atoms with Gasteiger partial charge in [-0.25, -0.2) is 4.79 Å².